The van der Waals surface area contributed by atoms with Gasteiger partial charge in [-0.05, 0) is 63.1 Å². The van der Waals surface area contributed by atoms with Crippen LogP contribution in [0, 0.1) is 6.92 Å². The molecule has 1 fully saturated rings. The molecule has 0 spiro atoms. The van der Waals surface area contributed by atoms with Gasteiger partial charge in [0, 0.05) is 18.0 Å². The van der Waals surface area contributed by atoms with Crippen molar-refractivity contribution in [2.24, 2.45) is 0 Å². The summed E-state index contributed by atoms with van der Waals surface area (Å²) in [6, 6.07) is 14.6. The van der Waals surface area contributed by atoms with Gasteiger partial charge in [0.1, 0.15) is 12.4 Å². The number of carbonyl (C=O) groups is 1. The molecule has 0 aliphatic carbocycles. The fraction of sp³-hybridized carbons (Fsp3) is 0.435. The van der Waals surface area contributed by atoms with E-state index in [2.05, 4.69) is 5.32 Å². The summed E-state index contributed by atoms with van der Waals surface area (Å²) in [6.07, 6.45) is 2.90. The number of aryl methyl sites for hydroxylation is 1. The summed E-state index contributed by atoms with van der Waals surface area (Å²) in [5, 5.41) is 2.67. The zero-order chi connectivity index (χ0) is 22.3. The Labute approximate surface area is 189 Å². The first-order valence-corrected chi connectivity index (χ1v) is 12.9. The maximum absolute atomic E-state index is 12.7. The van der Waals surface area contributed by atoms with E-state index in [-0.39, 0.29) is 16.1 Å². The largest absolute Gasteiger partial charge is 0.492 e. The number of ether oxygens (including phenoxy) is 1. The van der Waals surface area contributed by atoms with Crippen molar-refractivity contribution in [2.45, 2.75) is 48.2 Å². The summed E-state index contributed by atoms with van der Waals surface area (Å²) in [6.45, 7) is 5.77. The predicted molar refractivity (Wildman–Crippen MR) is 124 cm³/mol. The minimum absolute atomic E-state index is 0.0443. The lowest BCUT2D eigenvalue weighted by Gasteiger charge is -2.25. The van der Waals surface area contributed by atoms with Crippen LogP contribution in [-0.2, 0) is 14.8 Å². The molecule has 0 radical (unpaired) electrons. The number of nitrogens with zero attached hydrogens (tertiary/aromatic N) is 1. The number of rotatable bonds is 9. The minimum atomic E-state index is -3.43. The van der Waals surface area contributed by atoms with Gasteiger partial charge in [0.25, 0.3) is 0 Å². The molecule has 2 aromatic rings. The molecule has 1 aliphatic rings. The minimum Gasteiger partial charge on any atom is -0.492 e. The van der Waals surface area contributed by atoms with Crippen molar-refractivity contribution in [3.63, 3.8) is 0 Å². The van der Waals surface area contributed by atoms with E-state index < -0.39 is 10.0 Å². The summed E-state index contributed by atoms with van der Waals surface area (Å²) >= 11 is 1.52. The van der Waals surface area contributed by atoms with Gasteiger partial charge in [-0.3, -0.25) is 4.79 Å². The van der Waals surface area contributed by atoms with Gasteiger partial charge in [-0.1, -0.05) is 24.1 Å². The van der Waals surface area contributed by atoms with Crippen molar-refractivity contribution in [1.82, 2.24) is 9.62 Å². The molecule has 1 heterocycles. The van der Waals surface area contributed by atoms with Crippen LogP contribution in [0.25, 0.3) is 0 Å². The van der Waals surface area contributed by atoms with Gasteiger partial charge in [-0.25, -0.2) is 8.42 Å². The average Bonchev–Trinajstić information content (AvgIpc) is 2.79. The van der Waals surface area contributed by atoms with Crippen LogP contribution in [0.5, 0.6) is 5.75 Å². The van der Waals surface area contributed by atoms with Crippen molar-refractivity contribution in [3.05, 3.63) is 54.1 Å². The lowest BCUT2D eigenvalue weighted by atomic mass is 10.2. The first-order chi connectivity index (χ1) is 14.9. The molecule has 1 saturated heterocycles. The van der Waals surface area contributed by atoms with E-state index in [1.165, 1.54) is 17.3 Å². The molecule has 2 aromatic carbocycles. The van der Waals surface area contributed by atoms with Crippen molar-refractivity contribution in [3.8, 4) is 5.75 Å². The lowest BCUT2D eigenvalue weighted by molar-refractivity contribution is -0.120. The van der Waals surface area contributed by atoms with Crippen LogP contribution in [-0.4, -0.2) is 50.1 Å². The Kier molecular flexibility index (Phi) is 8.40. The molecule has 1 unspecified atom stereocenters. The Balaban J connectivity index is 1.42. The first-order valence-electron chi connectivity index (χ1n) is 10.6. The van der Waals surface area contributed by atoms with Crippen LogP contribution in [0.1, 0.15) is 31.7 Å². The molecule has 1 atom stereocenters. The van der Waals surface area contributed by atoms with Crippen LogP contribution in [0.2, 0.25) is 0 Å². The van der Waals surface area contributed by atoms with Crippen molar-refractivity contribution >= 4 is 27.7 Å². The van der Waals surface area contributed by atoms with E-state index in [4.69, 9.17) is 4.74 Å². The van der Waals surface area contributed by atoms with Gasteiger partial charge >= 0.3 is 0 Å². The summed E-state index contributed by atoms with van der Waals surface area (Å²) in [5.74, 6) is 0.533. The molecule has 31 heavy (non-hydrogen) atoms. The number of amides is 1. The summed E-state index contributed by atoms with van der Waals surface area (Å²) in [7, 11) is -3.43. The molecule has 0 saturated carbocycles. The second-order valence-corrected chi connectivity index (χ2v) is 11.0. The van der Waals surface area contributed by atoms with Crippen molar-refractivity contribution < 1.29 is 17.9 Å². The Hall–Kier alpha value is -2.03. The Bertz CT molecular complexity index is 954. The highest BCUT2D eigenvalue weighted by molar-refractivity contribution is 8.00. The third-order valence-corrected chi connectivity index (χ3v) is 8.17. The average molecular weight is 463 g/mol. The molecular weight excluding hydrogens is 432 g/mol. The predicted octanol–water partition coefficient (Wildman–Crippen LogP) is 3.85. The van der Waals surface area contributed by atoms with E-state index in [0.717, 1.165) is 24.2 Å². The van der Waals surface area contributed by atoms with Crippen LogP contribution in [0.15, 0.2) is 58.3 Å². The molecular formula is C23H30N2O4S2. The number of carbonyl (C=O) groups excluding carboxylic acids is 1. The van der Waals surface area contributed by atoms with E-state index in [9.17, 15) is 13.2 Å². The maximum atomic E-state index is 12.7. The Morgan fingerprint density at radius 2 is 1.71 bits per heavy atom. The third-order valence-electron chi connectivity index (χ3n) is 5.15. The Morgan fingerprint density at radius 1 is 1.06 bits per heavy atom. The van der Waals surface area contributed by atoms with Gasteiger partial charge in [0.2, 0.25) is 15.9 Å². The molecule has 0 bridgehead atoms. The second kappa shape index (κ2) is 11.0. The number of sulfonamides is 1. The molecule has 1 N–H and O–H groups in total. The van der Waals surface area contributed by atoms with Gasteiger partial charge in [0.15, 0.2) is 0 Å². The van der Waals surface area contributed by atoms with E-state index in [0.29, 0.717) is 32.0 Å². The third kappa shape index (κ3) is 6.72. The number of nitrogens with one attached hydrogen (secondary N) is 1. The Morgan fingerprint density at radius 3 is 2.35 bits per heavy atom. The van der Waals surface area contributed by atoms with Crippen LogP contribution < -0.4 is 10.1 Å². The van der Waals surface area contributed by atoms with Gasteiger partial charge in [0.05, 0.1) is 16.7 Å². The zero-order valence-electron chi connectivity index (χ0n) is 18.0. The molecule has 1 amide bonds. The SMILES string of the molecule is Cc1ccc(SC(C)C(=O)NCCOc2ccc(S(=O)(=O)N3CCCCC3)cc2)cc1. The van der Waals surface area contributed by atoms with E-state index in [1.54, 1.807) is 28.6 Å². The quantitative estimate of drug-likeness (QED) is 0.453. The van der Waals surface area contributed by atoms with Crippen LogP contribution >= 0.6 is 11.8 Å². The van der Waals surface area contributed by atoms with Crippen LogP contribution in [0.3, 0.4) is 0 Å². The topological polar surface area (TPSA) is 75.7 Å². The number of piperidine rings is 1. The van der Waals surface area contributed by atoms with Gasteiger partial charge in [-0.2, -0.15) is 4.31 Å². The molecule has 6 nitrogen and oxygen atoms in total. The summed E-state index contributed by atoms with van der Waals surface area (Å²) in [5.41, 5.74) is 1.19. The summed E-state index contributed by atoms with van der Waals surface area (Å²) in [4.78, 5) is 13.6. The normalized spacial score (nSPS) is 15.9. The monoisotopic (exact) mass is 462 g/mol. The fourth-order valence-electron chi connectivity index (χ4n) is 3.32. The zero-order valence-corrected chi connectivity index (χ0v) is 19.7. The van der Waals surface area contributed by atoms with Crippen molar-refractivity contribution in [2.75, 3.05) is 26.2 Å². The number of benzene rings is 2. The highest BCUT2D eigenvalue weighted by Gasteiger charge is 2.25. The number of hydrogen-bond acceptors (Lipinski definition) is 5. The van der Waals surface area contributed by atoms with E-state index >= 15 is 0 Å². The van der Waals surface area contributed by atoms with Crippen molar-refractivity contribution in [1.29, 1.82) is 0 Å². The second-order valence-electron chi connectivity index (χ2n) is 7.65. The summed E-state index contributed by atoms with van der Waals surface area (Å²) < 4.78 is 32.6. The smallest absolute Gasteiger partial charge is 0.243 e. The maximum Gasteiger partial charge on any atom is 0.243 e. The van der Waals surface area contributed by atoms with E-state index in [1.807, 2.05) is 38.1 Å². The van der Waals surface area contributed by atoms with Gasteiger partial charge in [-0.15, -0.1) is 11.8 Å². The molecule has 1 aliphatic heterocycles. The molecule has 0 aromatic heterocycles. The number of thioether (sulfide) groups is 1. The first kappa shape index (κ1) is 23.6. The highest BCUT2D eigenvalue weighted by atomic mass is 32.2. The molecule has 168 valence electrons. The molecule has 8 heteroatoms. The number of hydrogen-bond donors (Lipinski definition) is 1. The van der Waals surface area contributed by atoms with Crippen LogP contribution in [0.4, 0.5) is 0 Å². The lowest BCUT2D eigenvalue weighted by Crippen LogP contribution is -2.35. The standard InChI is InChI=1S/C23H30N2O4S2/c1-18-6-10-21(11-7-18)30-19(2)23(26)24-14-17-29-20-8-12-22(13-9-20)31(27,28)25-15-4-3-5-16-25/h6-13,19H,3-5,14-17H2,1-2H3,(H,24,26). The highest BCUT2D eigenvalue weighted by Crippen LogP contribution is 2.24. The van der Waals surface area contributed by atoms with Gasteiger partial charge < -0.3 is 10.1 Å². The fourth-order valence-corrected chi connectivity index (χ4v) is 5.73. The molecule has 3 rings (SSSR count).